The number of aromatic nitrogens is 1. The average molecular weight is 352 g/mol. The van der Waals surface area contributed by atoms with Gasteiger partial charge in [0, 0.05) is 0 Å². The van der Waals surface area contributed by atoms with Crippen molar-refractivity contribution in [3.8, 4) is 0 Å². The van der Waals surface area contributed by atoms with Gasteiger partial charge in [-0.1, -0.05) is 52.0 Å². The van der Waals surface area contributed by atoms with E-state index in [2.05, 4.69) is 50.9 Å². The maximum Gasteiger partial charge on any atom is 0.356 e. The Labute approximate surface area is 156 Å². The first-order valence-electron chi connectivity index (χ1n) is 9.17. The molecule has 1 aromatic carbocycles. The molecular formula is C22H28N2O2. The van der Waals surface area contributed by atoms with Gasteiger partial charge in [0.2, 0.25) is 0 Å². The number of para-hydroxylation sites is 1. The Balaban J connectivity index is 2.50. The minimum Gasteiger partial charge on any atom is -0.461 e. The van der Waals surface area contributed by atoms with Crippen molar-refractivity contribution in [2.45, 2.75) is 53.4 Å². The Morgan fingerprint density at radius 2 is 1.54 bits per heavy atom. The lowest BCUT2D eigenvalue weighted by Crippen LogP contribution is -2.10. The van der Waals surface area contributed by atoms with E-state index in [-0.39, 0.29) is 0 Å². The third kappa shape index (κ3) is 4.57. The number of esters is 1. The summed E-state index contributed by atoms with van der Waals surface area (Å²) in [5.74, 6) is 0.339. The van der Waals surface area contributed by atoms with Gasteiger partial charge in [0.05, 0.1) is 23.7 Å². The van der Waals surface area contributed by atoms with Gasteiger partial charge in [0.15, 0.2) is 0 Å². The van der Waals surface area contributed by atoms with E-state index in [9.17, 15) is 4.79 Å². The van der Waals surface area contributed by atoms with Crippen LogP contribution in [-0.4, -0.2) is 23.3 Å². The molecule has 0 unspecified atom stereocenters. The van der Waals surface area contributed by atoms with Crippen molar-refractivity contribution in [1.82, 2.24) is 4.98 Å². The molecule has 0 N–H and O–H groups in total. The average Bonchev–Trinajstić information content (AvgIpc) is 2.61. The number of hydrogen-bond donors (Lipinski definition) is 0. The smallest absolute Gasteiger partial charge is 0.356 e. The molecular weight excluding hydrogens is 324 g/mol. The van der Waals surface area contributed by atoms with E-state index in [1.807, 2.05) is 19.1 Å². The number of benzene rings is 1. The lowest BCUT2D eigenvalue weighted by Gasteiger charge is -2.17. The van der Waals surface area contributed by atoms with E-state index in [4.69, 9.17) is 9.73 Å². The van der Waals surface area contributed by atoms with Crippen molar-refractivity contribution in [2.24, 2.45) is 4.99 Å². The van der Waals surface area contributed by atoms with E-state index in [1.54, 1.807) is 13.0 Å². The van der Waals surface area contributed by atoms with Crippen LogP contribution in [0, 0.1) is 0 Å². The van der Waals surface area contributed by atoms with Crippen LogP contribution in [0.15, 0.2) is 41.4 Å². The molecule has 2 rings (SSSR count). The molecule has 0 atom stereocenters. The summed E-state index contributed by atoms with van der Waals surface area (Å²) in [6.07, 6.45) is 0. The third-order valence-electron chi connectivity index (χ3n) is 4.23. The van der Waals surface area contributed by atoms with Crippen molar-refractivity contribution in [3.05, 3.63) is 58.9 Å². The summed E-state index contributed by atoms with van der Waals surface area (Å²) < 4.78 is 5.04. The fraction of sp³-hybridized carbons (Fsp3) is 0.409. The molecule has 0 radical (unpaired) electrons. The predicted molar refractivity (Wildman–Crippen MR) is 107 cm³/mol. The fourth-order valence-electron chi connectivity index (χ4n) is 2.82. The minimum absolute atomic E-state index is 0.306. The van der Waals surface area contributed by atoms with Crippen LogP contribution in [0.3, 0.4) is 0 Å². The fourth-order valence-corrected chi connectivity index (χ4v) is 2.82. The van der Waals surface area contributed by atoms with Gasteiger partial charge >= 0.3 is 5.97 Å². The highest BCUT2D eigenvalue weighted by molar-refractivity contribution is 6.00. The van der Waals surface area contributed by atoms with Gasteiger partial charge in [-0.3, -0.25) is 4.99 Å². The number of pyridine rings is 1. The second-order valence-corrected chi connectivity index (χ2v) is 6.92. The van der Waals surface area contributed by atoms with Crippen LogP contribution in [0.4, 0.5) is 5.69 Å². The molecule has 0 aliphatic heterocycles. The second-order valence-electron chi connectivity index (χ2n) is 6.92. The quantitative estimate of drug-likeness (QED) is 0.499. The molecule has 0 saturated heterocycles. The Morgan fingerprint density at radius 1 is 1.00 bits per heavy atom. The van der Waals surface area contributed by atoms with E-state index < -0.39 is 5.97 Å². The van der Waals surface area contributed by atoms with Gasteiger partial charge in [0.1, 0.15) is 5.69 Å². The van der Waals surface area contributed by atoms with Gasteiger partial charge in [-0.15, -0.1) is 0 Å². The number of hydrogen-bond acceptors (Lipinski definition) is 4. The Hall–Kier alpha value is -2.49. The largest absolute Gasteiger partial charge is 0.461 e. The Kier molecular flexibility index (Phi) is 6.67. The first-order chi connectivity index (χ1) is 12.3. The molecule has 0 aliphatic rings. The summed E-state index contributed by atoms with van der Waals surface area (Å²) >= 11 is 0. The van der Waals surface area contributed by atoms with E-state index >= 15 is 0 Å². The minimum atomic E-state index is -0.410. The molecule has 1 heterocycles. The first-order valence-corrected chi connectivity index (χ1v) is 9.17. The lowest BCUT2D eigenvalue weighted by molar-refractivity contribution is 0.0519. The maximum atomic E-state index is 11.9. The van der Waals surface area contributed by atoms with E-state index in [0.29, 0.717) is 29.8 Å². The SMILES string of the molecule is CCOC(=O)c1cccc(C(C)=Nc2c(C(C)C)cccc2C(C)C)n1. The summed E-state index contributed by atoms with van der Waals surface area (Å²) in [6, 6.07) is 11.7. The highest BCUT2D eigenvalue weighted by Gasteiger charge is 2.15. The number of nitrogens with zero attached hydrogens (tertiary/aromatic N) is 2. The van der Waals surface area contributed by atoms with Crippen LogP contribution in [0.5, 0.6) is 0 Å². The highest BCUT2D eigenvalue weighted by atomic mass is 16.5. The molecule has 0 amide bonds. The molecule has 0 spiro atoms. The molecule has 0 bridgehead atoms. The third-order valence-corrected chi connectivity index (χ3v) is 4.23. The maximum absolute atomic E-state index is 11.9. The van der Waals surface area contributed by atoms with Gasteiger partial charge in [-0.2, -0.15) is 0 Å². The normalized spacial score (nSPS) is 11.9. The zero-order valence-electron chi connectivity index (χ0n) is 16.5. The summed E-state index contributed by atoms with van der Waals surface area (Å²) in [5, 5.41) is 0. The van der Waals surface area contributed by atoms with Crippen LogP contribution in [0.2, 0.25) is 0 Å². The number of carbonyl (C=O) groups is 1. The van der Waals surface area contributed by atoms with Crippen LogP contribution in [0.1, 0.15) is 80.7 Å². The van der Waals surface area contributed by atoms with Crippen LogP contribution in [0.25, 0.3) is 0 Å². The van der Waals surface area contributed by atoms with Gasteiger partial charge in [0.25, 0.3) is 0 Å². The molecule has 0 fully saturated rings. The molecule has 26 heavy (non-hydrogen) atoms. The van der Waals surface area contributed by atoms with E-state index in [0.717, 1.165) is 11.4 Å². The molecule has 4 nitrogen and oxygen atoms in total. The number of aliphatic imine (C=N–C) groups is 1. The summed E-state index contributed by atoms with van der Waals surface area (Å²) in [7, 11) is 0. The Bertz CT molecular complexity index is 781. The predicted octanol–water partition coefficient (Wildman–Crippen LogP) is 5.65. The molecule has 2 aromatic rings. The number of ether oxygens (including phenoxy) is 1. The monoisotopic (exact) mass is 352 g/mol. The lowest BCUT2D eigenvalue weighted by atomic mass is 9.93. The molecule has 4 heteroatoms. The van der Waals surface area contributed by atoms with Crippen molar-refractivity contribution in [3.63, 3.8) is 0 Å². The van der Waals surface area contributed by atoms with Crippen LogP contribution >= 0.6 is 0 Å². The standard InChI is InChI=1S/C22H28N2O2/c1-7-26-22(25)20-13-9-12-19(24-20)16(6)23-21-17(14(2)3)10-8-11-18(21)15(4)5/h8-15H,7H2,1-6H3. The van der Waals surface area contributed by atoms with Gasteiger partial charge in [-0.25, -0.2) is 9.78 Å². The summed E-state index contributed by atoms with van der Waals surface area (Å²) in [5.41, 5.74) is 5.22. The topological polar surface area (TPSA) is 51.5 Å². The summed E-state index contributed by atoms with van der Waals surface area (Å²) in [6.45, 7) is 12.7. The number of rotatable bonds is 6. The first kappa shape index (κ1) is 19.8. The van der Waals surface area contributed by atoms with Crippen molar-refractivity contribution >= 4 is 17.4 Å². The summed E-state index contributed by atoms with van der Waals surface area (Å²) in [4.78, 5) is 21.3. The molecule has 0 aliphatic carbocycles. The van der Waals surface area contributed by atoms with Gasteiger partial charge < -0.3 is 4.74 Å². The van der Waals surface area contributed by atoms with Crippen molar-refractivity contribution in [1.29, 1.82) is 0 Å². The van der Waals surface area contributed by atoms with Crippen molar-refractivity contribution < 1.29 is 9.53 Å². The van der Waals surface area contributed by atoms with E-state index in [1.165, 1.54) is 11.1 Å². The Morgan fingerprint density at radius 3 is 2.08 bits per heavy atom. The molecule has 0 saturated carbocycles. The highest BCUT2D eigenvalue weighted by Crippen LogP contribution is 2.35. The number of carbonyl (C=O) groups excluding carboxylic acids is 1. The van der Waals surface area contributed by atoms with Crippen molar-refractivity contribution in [2.75, 3.05) is 6.61 Å². The van der Waals surface area contributed by atoms with Crippen LogP contribution in [-0.2, 0) is 4.74 Å². The zero-order chi connectivity index (χ0) is 19.3. The van der Waals surface area contributed by atoms with Gasteiger partial charge in [-0.05, 0) is 48.9 Å². The van der Waals surface area contributed by atoms with Crippen LogP contribution < -0.4 is 0 Å². The molecule has 1 aromatic heterocycles. The second kappa shape index (κ2) is 8.75. The molecule has 138 valence electrons. The zero-order valence-corrected chi connectivity index (χ0v) is 16.5.